The van der Waals surface area contributed by atoms with Crippen LogP contribution in [0.2, 0.25) is 0 Å². The lowest BCUT2D eigenvalue weighted by Crippen LogP contribution is -2.51. The van der Waals surface area contributed by atoms with Crippen LogP contribution in [-0.2, 0) is 29.0 Å². The van der Waals surface area contributed by atoms with E-state index in [0.29, 0.717) is 19.5 Å². The van der Waals surface area contributed by atoms with Crippen LogP contribution in [0, 0.1) is 5.92 Å². The molecule has 5 heteroatoms. The summed E-state index contributed by atoms with van der Waals surface area (Å²) < 4.78 is 5.26. The van der Waals surface area contributed by atoms with Crippen molar-refractivity contribution in [3.05, 3.63) is 102 Å². The fourth-order valence-corrected chi connectivity index (χ4v) is 3.88. The molecule has 178 valence electrons. The number of benzene rings is 3. The van der Waals surface area contributed by atoms with Gasteiger partial charge in [0.05, 0.1) is 7.11 Å². The molecule has 0 fully saturated rings. The Kier molecular flexibility index (Phi) is 9.27. The van der Waals surface area contributed by atoms with Gasteiger partial charge in [-0.15, -0.1) is 0 Å². The Labute approximate surface area is 202 Å². The zero-order valence-corrected chi connectivity index (χ0v) is 20.2. The molecule has 5 nitrogen and oxygen atoms in total. The number of hydrogen-bond acceptors (Lipinski definition) is 3. The number of methoxy groups -OCH3 is 1. The van der Waals surface area contributed by atoms with Crippen LogP contribution in [0.5, 0.6) is 5.75 Å². The van der Waals surface area contributed by atoms with E-state index in [0.717, 1.165) is 28.9 Å². The zero-order chi connectivity index (χ0) is 24.3. The number of rotatable bonds is 11. The van der Waals surface area contributed by atoms with Crippen LogP contribution in [0.25, 0.3) is 0 Å². The van der Waals surface area contributed by atoms with Gasteiger partial charge in [0.1, 0.15) is 11.8 Å². The molecule has 0 radical (unpaired) electrons. The Morgan fingerprint density at radius 1 is 0.824 bits per heavy atom. The van der Waals surface area contributed by atoms with E-state index in [4.69, 9.17) is 4.74 Å². The van der Waals surface area contributed by atoms with E-state index in [1.54, 1.807) is 12.0 Å². The average molecular weight is 459 g/mol. The zero-order valence-electron chi connectivity index (χ0n) is 20.2. The van der Waals surface area contributed by atoms with E-state index in [1.165, 1.54) is 0 Å². The lowest BCUT2D eigenvalue weighted by Gasteiger charge is -2.33. The fourth-order valence-electron chi connectivity index (χ4n) is 3.88. The summed E-state index contributed by atoms with van der Waals surface area (Å²) in [5.74, 6) is 0.343. The van der Waals surface area contributed by atoms with E-state index in [9.17, 15) is 9.59 Å². The van der Waals surface area contributed by atoms with Gasteiger partial charge in [-0.05, 0) is 35.2 Å². The van der Waals surface area contributed by atoms with Crippen molar-refractivity contribution in [3.8, 4) is 5.75 Å². The predicted molar refractivity (Wildman–Crippen MR) is 135 cm³/mol. The minimum atomic E-state index is -0.616. The van der Waals surface area contributed by atoms with Gasteiger partial charge in [0, 0.05) is 25.4 Å². The Bertz CT molecular complexity index is 1030. The molecule has 0 aliphatic rings. The van der Waals surface area contributed by atoms with Crippen molar-refractivity contribution in [2.24, 2.45) is 5.92 Å². The SMILES string of the molecule is COc1ccc(CN(C(=O)C(C)C)C(Cc2ccccc2)C(=O)NCCc2ccccc2)cc1. The number of nitrogens with one attached hydrogen (secondary N) is 1. The Morgan fingerprint density at radius 3 is 1.97 bits per heavy atom. The summed E-state index contributed by atoms with van der Waals surface area (Å²) in [4.78, 5) is 28.5. The van der Waals surface area contributed by atoms with E-state index >= 15 is 0 Å². The first-order chi connectivity index (χ1) is 16.5. The van der Waals surface area contributed by atoms with Crippen molar-refractivity contribution in [3.63, 3.8) is 0 Å². The van der Waals surface area contributed by atoms with Gasteiger partial charge in [0.2, 0.25) is 11.8 Å². The molecule has 1 atom stereocenters. The number of hydrogen-bond donors (Lipinski definition) is 1. The van der Waals surface area contributed by atoms with Crippen LogP contribution >= 0.6 is 0 Å². The summed E-state index contributed by atoms with van der Waals surface area (Å²) in [5, 5.41) is 3.08. The number of carbonyl (C=O) groups is 2. The first-order valence-corrected chi connectivity index (χ1v) is 11.8. The van der Waals surface area contributed by atoms with Crippen LogP contribution in [0.15, 0.2) is 84.9 Å². The second-order valence-electron chi connectivity index (χ2n) is 8.70. The van der Waals surface area contributed by atoms with Gasteiger partial charge in [0.25, 0.3) is 0 Å². The van der Waals surface area contributed by atoms with Crippen LogP contribution < -0.4 is 10.1 Å². The molecule has 0 bridgehead atoms. The largest absolute Gasteiger partial charge is 0.497 e. The first-order valence-electron chi connectivity index (χ1n) is 11.8. The Balaban J connectivity index is 1.83. The van der Waals surface area contributed by atoms with Crippen LogP contribution in [0.4, 0.5) is 0 Å². The third kappa shape index (κ3) is 7.20. The number of nitrogens with zero attached hydrogens (tertiary/aromatic N) is 1. The maximum atomic E-state index is 13.5. The average Bonchev–Trinajstić information content (AvgIpc) is 2.87. The first kappa shape index (κ1) is 25.0. The van der Waals surface area contributed by atoms with Gasteiger partial charge in [-0.2, -0.15) is 0 Å². The molecule has 1 unspecified atom stereocenters. The predicted octanol–water partition coefficient (Wildman–Crippen LogP) is 4.65. The third-order valence-corrected chi connectivity index (χ3v) is 5.80. The minimum absolute atomic E-state index is 0.0463. The maximum Gasteiger partial charge on any atom is 0.243 e. The highest BCUT2D eigenvalue weighted by atomic mass is 16.5. The summed E-state index contributed by atoms with van der Waals surface area (Å²) in [7, 11) is 1.62. The minimum Gasteiger partial charge on any atom is -0.497 e. The quantitative estimate of drug-likeness (QED) is 0.455. The molecule has 0 saturated heterocycles. The summed E-state index contributed by atoms with van der Waals surface area (Å²) in [6.45, 7) is 4.61. The molecule has 1 N–H and O–H groups in total. The van der Waals surface area contributed by atoms with Gasteiger partial charge >= 0.3 is 0 Å². The highest BCUT2D eigenvalue weighted by Crippen LogP contribution is 2.19. The van der Waals surface area contributed by atoms with Crippen molar-refractivity contribution in [2.45, 2.75) is 39.3 Å². The Morgan fingerprint density at radius 2 is 1.41 bits per heavy atom. The summed E-state index contributed by atoms with van der Waals surface area (Å²) in [5.41, 5.74) is 3.13. The van der Waals surface area contributed by atoms with Crippen LogP contribution in [-0.4, -0.2) is 36.4 Å². The standard InChI is InChI=1S/C29H34N2O3/c1-22(2)29(33)31(21-25-14-16-26(34-3)17-15-25)27(20-24-12-8-5-9-13-24)28(32)30-19-18-23-10-6-4-7-11-23/h4-17,22,27H,18-21H2,1-3H3,(H,30,32). The van der Waals surface area contributed by atoms with Gasteiger partial charge in [-0.25, -0.2) is 0 Å². The molecule has 0 aliphatic carbocycles. The molecular formula is C29H34N2O3. The summed E-state index contributed by atoms with van der Waals surface area (Å²) in [6.07, 6.45) is 1.19. The number of ether oxygens (including phenoxy) is 1. The highest BCUT2D eigenvalue weighted by Gasteiger charge is 2.31. The molecule has 0 heterocycles. The second-order valence-corrected chi connectivity index (χ2v) is 8.70. The molecule has 3 rings (SSSR count). The van der Waals surface area contributed by atoms with Gasteiger partial charge in [0.15, 0.2) is 0 Å². The molecule has 2 amide bonds. The Hall–Kier alpha value is -3.60. The van der Waals surface area contributed by atoms with Crippen LogP contribution in [0.3, 0.4) is 0 Å². The van der Waals surface area contributed by atoms with Crippen molar-refractivity contribution in [2.75, 3.05) is 13.7 Å². The fraction of sp³-hybridized carbons (Fsp3) is 0.310. The molecule has 3 aromatic rings. The van der Waals surface area contributed by atoms with Crippen molar-refractivity contribution in [1.29, 1.82) is 0 Å². The highest BCUT2D eigenvalue weighted by molar-refractivity contribution is 5.88. The topological polar surface area (TPSA) is 58.6 Å². The van der Waals surface area contributed by atoms with Crippen molar-refractivity contribution in [1.82, 2.24) is 10.2 Å². The van der Waals surface area contributed by atoms with E-state index in [2.05, 4.69) is 5.32 Å². The smallest absolute Gasteiger partial charge is 0.243 e. The summed E-state index contributed by atoms with van der Waals surface area (Å²) >= 11 is 0. The molecule has 3 aromatic carbocycles. The summed E-state index contributed by atoms with van der Waals surface area (Å²) in [6, 6.07) is 26.9. The van der Waals surface area contributed by atoms with Gasteiger partial charge in [-0.3, -0.25) is 9.59 Å². The van der Waals surface area contributed by atoms with E-state index in [-0.39, 0.29) is 17.7 Å². The third-order valence-electron chi connectivity index (χ3n) is 5.80. The van der Waals surface area contributed by atoms with Crippen molar-refractivity contribution < 1.29 is 14.3 Å². The molecule has 0 spiro atoms. The number of carbonyl (C=O) groups excluding carboxylic acids is 2. The van der Waals surface area contributed by atoms with Gasteiger partial charge in [-0.1, -0.05) is 86.6 Å². The molecular weight excluding hydrogens is 424 g/mol. The maximum absolute atomic E-state index is 13.5. The molecule has 0 saturated carbocycles. The normalized spacial score (nSPS) is 11.6. The second kappa shape index (κ2) is 12.6. The lowest BCUT2D eigenvalue weighted by atomic mass is 10.0. The number of amides is 2. The van der Waals surface area contributed by atoms with Crippen molar-refractivity contribution >= 4 is 11.8 Å². The molecule has 0 aliphatic heterocycles. The monoisotopic (exact) mass is 458 g/mol. The molecule has 0 aromatic heterocycles. The molecule has 34 heavy (non-hydrogen) atoms. The van der Waals surface area contributed by atoms with Crippen LogP contribution in [0.1, 0.15) is 30.5 Å². The van der Waals surface area contributed by atoms with E-state index < -0.39 is 6.04 Å². The van der Waals surface area contributed by atoms with Gasteiger partial charge < -0.3 is 15.0 Å². The van der Waals surface area contributed by atoms with E-state index in [1.807, 2.05) is 98.8 Å². The lowest BCUT2D eigenvalue weighted by molar-refractivity contribution is -0.143.